The highest BCUT2D eigenvalue weighted by molar-refractivity contribution is 4.94. The summed E-state index contributed by atoms with van der Waals surface area (Å²) < 4.78 is 0. The second-order valence-electron chi connectivity index (χ2n) is 11.2. The molecule has 5 N–H and O–H groups in total. The van der Waals surface area contributed by atoms with E-state index in [1.165, 1.54) is 0 Å². The first-order valence-electron chi connectivity index (χ1n) is 17.1. The van der Waals surface area contributed by atoms with Crippen LogP contribution in [0.2, 0.25) is 0 Å². The van der Waals surface area contributed by atoms with Crippen LogP contribution in [0.5, 0.6) is 0 Å². The predicted molar refractivity (Wildman–Crippen MR) is 187 cm³/mol. The van der Waals surface area contributed by atoms with E-state index >= 15 is 0 Å². The Labute approximate surface area is 265 Å². The summed E-state index contributed by atoms with van der Waals surface area (Å²) in [4.78, 5) is 2.19. The fourth-order valence-corrected chi connectivity index (χ4v) is 4.48. The molecule has 0 aliphatic carbocycles. The lowest BCUT2D eigenvalue weighted by atomic mass is 10.1. The Morgan fingerprint density at radius 1 is 0.488 bits per heavy atom. The Morgan fingerprint density at radius 3 is 1.33 bits per heavy atom. The van der Waals surface area contributed by atoms with Crippen LogP contribution < -0.4 is 10.6 Å². The minimum atomic E-state index is -0.418. The first-order chi connectivity index (χ1) is 21.0. The van der Waals surface area contributed by atoms with Crippen molar-refractivity contribution in [1.29, 1.82) is 0 Å². The van der Waals surface area contributed by atoms with Gasteiger partial charge in [0.25, 0.3) is 0 Å². The molecule has 0 saturated carbocycles. The van der Waals surface area contributed by atoms with Crippen molar-refractivity contribution in [3.63, 3.8) is 0 Å². The summed E-state index contributed by atoms with van der Waals surface area (Å²) in [6.07, 6.45) is 35.7. The summed E-state index contributed by atoms with van der Waals surface area (Å²) in [5, 5.41) is 38.4. The largest absolute Gasteiger partial charge is 0.392 e. The van der Waals surface area contributed by atoms with E-state index in [4.69, 9.17) is 0 Å². The average molecular weight is 602 g/mol. The van der Waals surface area contributed by atoms with Gasteiger partial charge >= 0.3 is 0 Å². The monoisotopic (exact) mass is 602 g/mol. The van der Waals surface area contributed by atoms with Crippen molar-refractivity contribution in [3.05, 3.63) is 72.9 Å². The number of hydrogen-bond donors (Lipinski definition) is 5. The third kappa shape index (κ3) is 31.4. The average Bonchev–Trinajstić information content (AvgIpc) is 2.99. The summed E-state index contributed by atoms with van der Waals surface area (Å²) in [5.41, 5.74) is 0. The third-order valence-electron chi connectivity index (χ3n) is 6.92. The van der Waals surface area contributed by atoms with E-state index < -0.39 is 12.2 Å². The lowest BCUT2D eigenvalue weighted by Gasteiger charge is -2.27. The maximum absolute atomic E-state index is 10.7. The summed E-state index contributed by atoms with van der Waals surface area (Å²) in [5.74, 6) is 0. The zero-order valence-corrected chi connectivity index (χ0v) is 27.9. The van der Waals surface area contributed by atoms with Crippen LogP contribution in [0.25, 0.3) is 0 Å². The minimum absolute atomic E-state index is 0.334. The van der Waals surface area contributed by atoms with E-state index in [2.05, 4.69) is 109 Å². The molecule has 0 aromatic rings. The molecule has 6 nitrogen and oxygen atoms in total. The second-order valence-corrected chi connectivity index (χ2v) is 11.2. The van der Waals surface area contributed by atoms with Crippen molar-refractivity contribution in [3.8, 4) is 0 Å². The molecule has 3 atom stereocenters. The van der Waals surface area contributed by atoms with Crippen LogP contribution in [-0.2, 0) is 0 Å². The normalized spacial score (nSPS) is 15.1. The van der Waals surface area contributed by atoms with Crippen LogP contribution in [0.1, 0.15) is 97.8 Å². The summed E-state index contributed by atoms with van der Waals surface area (Å²) in [6.45, 7) is 11.3. The van der Waals surface area contributed by atoms with Gasteiger partial charge in [0.15, 0.2) is 0 Å². The van der Waals surface area contributed by atoms with Gasteiger partial charge in [-0.2, -0.15) is 0 Å². The SMILES string of the molecule is CC/C=C\C/C=C\CCC(O)CNCCNCCN(CC(O)CC/C=C\C/C=C\CC)CC(O)CC/C=C\C/C=C\CC. The van der Waals surface area contributed by atoms with Gasteiger partial charge in [0, 0.05) is 45.8 Å². The maximum Gasteiger partial charge on any atom is 0.0670 e. The molecule has 0 amide bonds. The fraction of sp³-hybridized carbons (Fsp3) is 0.676. The number of aliphatic hydroxyl groups excluding tert-OH is 3. The van der Waals surface area contributed by atoms with Crippen molar-refractivity contribution >= 4 is 0 Å². The van der Waals surface area contributed by atoms with Crippen LogP contribution in [0.15, 0.2) is 72.9 Å². The molecule has 248 valence electrons. The summed E-state index contributed by atoms with van der Waals surface area (Å²) in [6, 6.07) is 0. The zero-order valence-electron chi connectivity index (χ0n) is 27.9. The Kier molecular flexibility index (Phi) is 31.7. The molecule has 0 aliphatic rings. The van der Waals surface area contributed by atoms with Gasteiger partial charge in [-0.3, -0.25) is 4.90 Å². The van der Waals surface area contributed by atoms with Crippen LogP contribution in [0.3, 0.4) is 0 Å². The van der Waals surface area contributed by atoms with E-state index in [-0.39, 0.29) is 6.10 Å². The Bertz CT molecular complexity index is 722. The lowest BCUT2D eigenvalue weighted by Crippen LogP contribution is -2.42. The van der Waals surface area contributed by atoms with Crippen LogP contribution in [0.4, 0.5) is 0 Å². The molecule has 0 fully saturated rings. The van der Waals surface area contributed by atoms with Crippen LogP contribution >= 0.6 is 0 Å². The highest BCUT2D eigenvalue weighted by Crippen LogP contribution is 2.07. The Hall–Kier alpha value is -1.80. The molecule has 43 heavy (non-hydrogen) atoms. The highest BCUT2D eigenvalue weighted by atomic mass is 16.3. The van der Waals surface area contributed by atoms with Gasteiger partial charge in [0.05, 0.1) is 18.3 Å². The molecule has 0 saturated heterocycles. The molecule has 0 aromatic carbocycles. The highest BCUT2D eigenvalue weighted by Gasteiger charge is 2.15. The third-order valence-corrected chi connectivity index (χ3v) is 6.92. The van der Waals surface area contributed by atoms with Crippen molar-refractivity contribution in [2.24, 2.45) is 0 Å². The standard InChI is InChI=1S/C37H67N3O3/c1-4-7-10-13-16-19-22-25-35(41)32-39-29-28-38-30-31-40(33-36(42)26-23-20-17-14-11-8-5-2)34-37(43)27-24-21-18-15-12-9-6-3/h7-12,16-21,35-39,41-43H,4-6,13-15,22-34H2,1-3H3/b10-7-,11-8-,12-9-,19-16-,20-17-,21-18-. The van der Waals surface area contributed by atoms with Crippen LogP contribution in [-0.4, -0.2) is 84.3 Å². The summed E-state index contributed by atoms with van der Waals surface area (Å²) in [7, 11) is 0. The van der Waals surface area contributed by atoms with E-state index in [1.807, 2.05) is 0 Å². The molecule has 6 heteroatoms. The molecule has 0 aromatic heterocycles. The predicted octanol–water partition coefficient (Wildman–Crippen LogP) is 6.63. The molecule has 0 radical (unpaired) electrons. The second kappa shape index (κ2) is 33.1. The van der Waals surface area contributed by atoms with Gasteiger partial charge in [0.1, 0.15) is 0 Å². The minimum Gasteiger partial charge on any atom is -0.392 e. The molecule has 0 aliphatic heterocycles. The molecule has 0 rings (SSSR count). The molecular formula is C37H67N3O3. The first-order valence-corrected chi connectivity index (χ1v) is 17.1. The number of aliphatic hydroxyl groups is 3. The Morgan fingerprint density at radius 2 is 0.884 bits per heavy atom. The molecule has 0 heterocycles. The Balaban J connectivity index is 4.40. The number of nitrogens with zero attached hydrogens (tertiary/aromatic N) is 1. The maximum atomic E-state index is 10.7. The van der Waals surface area contributed by atoms with Gasteiger partial charge in [-0.1, -0.05) is 93.7 Å². The molecule has 0 spiro atoms. The van der Waals surface area contributed by atoms with Gasteiger partial charge in [-0.05, 0) is 77.0 Å². The molecule has 0 bridgehead atoms. The number of hydrogen-bond acceptors (Lipinski definition) is 6. The van der Waals surface area contributed by atoms with E-state index in [0.717, 1.165) is 103 Å². The van der Waals surface area contributed by atoms with Crippen LogP contribution in [0, 0.1) is 0 Å². The first kappa shape index (κ1) is 41.2. The van der Waals surface area contributed by atoms with Gasteiger partial charge in [-0.15, -0.1) is 0 Å². The topological polar surface area (TPSA) is 88.0 Å². The van der Waals surface area contributed by atoms with Gasteiger partial charge < -0.3 is 26.0 Å². The summed E-state index contributed by atoms with van der Waals surface area (Å²) >= 11 is 0. The quantitative estimate of drug-likeness (QED) is 0.0469. The van der Waals surface area contributed by atoms with E-state index in [9.17, 15) is 15.3 Å². The number of rotatable bonds is 30. The van der Waals surface area contributed by atoms with Crippen molar-refractivity contribution in [1.82, 2.24) is 15.5 Å². The lowest BCUT2D eigenvalue weighted by molar-refractivity contribution is 0.0639. The van der Waals surface area contributed by atoms with Crippen molar-refractivity contribution < 1.29 is 15.3 Å². The molecule has 3 unspecified atom stereocenters. The fourth-order valence-electron chi connectivity index (χ4n) is 4.48. The zero-order chi connectivity index (χ0) is 31.6. The van der Waals surface area contributed by atoms with Gasteiger partial charge in [0.2, 0.25) is 0 Å². The molecular weight excluding hydrogens is 534 g/mol. The number of allylic oxidation sites excluding steroid dienone is 12. The number of nitrogens with one attached hydrogen (secondary N) is 2. The smallest absolute Gasteiger partial charge is 0.0670 e. The van der Waals surface area contributed by atoms with Gasteiger partial charge in [-0.25, -0.2) is 0 Å². The van der Waals surface area contributed by atoms with Crippen molar-refractivity contribution in [2.75, 3.05) is 45.8 Å². The van der Waals surface area contributed by atoms with E-state index in [0.29, 0.717) is 19.6 Å². The van der Waals surface area contributed by atoms with E-state index in [1.54, 1.807) is 0 Å². The van der Waals surface area contributed by atoms with Crippen molar-refractivity contribution in [2.45, 2.75) is 116 Å².